The molecule has 0 saturated heterocycles. The minimum absolute atomic E-state index is 0.109. The molecule has 2 aromatic carbocycles. The summed E-state index contributed by atoms with van der Waals surface area (Å²) in [6, 6.07) is 15.1. The van der Waals surface area contributed by atoms with Gasteiger partial charge in [-0.2, -0.15) is 10.8 Å². The second-order valence-electron chi connectivity index (χ2n) is 9.51. The van der Waals surface area contributed by atoms with Gasteiger partial charge in [0.15, 0.2) is 0 Å². The Bertz CT molecular complexity index is 1220. The van der Waals surface area contributed by atoms with Crippen LogP contribution in [0.5, 0.6) is 5.75 Å². The van der Waals surface area contributed by atoms with E-state index in [1.54, 1.807) is 32.6 Å². The zero-order valence-electron chi connectivity index (χ0n) is 19.1. The molecule has 0 bridgehead atoms. The van der Waals surface area contributed by atoms with E-state index >= 15 is 0 Å². The Kier molecular flexibility index (Phi) is 4.91. The summed E-state index contributed by atoms with van der Waals surface area (Å²) in [5.74, 6) is 8.17. The van der Waals surface area contributed by atoms with Crippen molar-refractivity contribution in [3.63, 3.8) is 0 Å². The van der Waals surface area contributed by atoms with Gasteiger partial charge >= 0.3 is 0 Å². The number of nitrogens with two attached hydrogens (primary N) is 1. The van der Waals surface area contributed by atoms with Crippen molar-refractivity contribution in [3.8, 4) is 5.75 Å². The summed E-state index contributed by atoms with van der Waals surface area (Å²) >= 11 is 0. The Balaban J connectivity index is 1.57. The third kappa shape index (κ3) is 3.45. The van der Waals surface area contributed by atoms with E-state index in [1.165, 1.54) is 0 Å². The number of benzene rings is 2. The maximum absolute atomic E-state index is 11.3. The number of ether oxygens (including phenoxy) is 1. The zero-order valence-corrected chi connectivity index (χ0v) is 19.1. The van der Waals surface area contributed by atoms with E-state index in [4.69, 9.17) is 15.6 Å². The van der Waals surface area contributed by atoms with Gasteiger partial charge < -0.3 is 14.9 Å². The Labute approximate surface area is 193 Å². The van der Waals surface area contributed by atoms with E-state index in [0.717, 1.165) is 22.5 Å². The lowest BCUT2D eigenvalue weighted by Crippen LogP contribution is -2.53. The van der Waals surface area contributed by atoms with Gasteiger partial charge in [-0.3, -0.25) is 4.99 Å². The number of allylic oxidation sites excluding steroid dienone is 2. The first-order valence-corrected chi connectivity index (χ1v) is 11.1. The lowest BCUT2D eigenvalue weighted by Gasteiger charge is -2.40. The molecule has 2 unspecified atom stereocenters. The second kappa shape index (κ2) is 7.46. The fraction of sp³-hybridized carbons (Fsp3) is 0.308. The number of rotatable bonds is 5. The normalized spacial score (nSPS) is 29.9. The van der Waals surface area contributed by atoms with Crippen molar-refractivity contribution < 1.29 is 19.5 Å². The molecule has 170 valence electrons. The molecule has 4 N–H and O–H groups in total. The number of methoxy groups -OCH3 is 1. The highest BCUT2D eigenvalue weighted by Gasteiger charge is 2.51. The van der Waals surface area contributed by atoms with E-state index in [0.29, 0.717) is 30.0 Å². The molecular weight excluding hydrogens is 416 g/mol. The Morgan fingerprint density at radius 3 is 2.55 bits per heavy atom. The van der Waals surface area contributed by atoms with Crippen LogP contribution >= 0.6 is 0 Å². The first-order valence-electron chi connectivity index (χ1n) is 11.1. The van der Waals surface area contributed by atoms with Crippen LogP contribution in [-0.4, -0.2) is 39.6 Å². The smallest absolute Gasteiger partial charge is 0.268 e. The number of quaternary nitrogens is 1. The summed E-state index contributed by atoms with van der Waals surface area (Å²) in [5, 5.41) is 21.6. The topological polar surface area (TPSA) is 100 Å². The summed E-state index contributed by atoms with van der Waals surface area (Å²) in [4.78, 5) is 9.25. The van der Waals surface area contributed by atoms with Crippen LogP contribution in [0.2, 0.25) is 0 Å². The highest BCUT2D eigenvalue weighted by Crippen LogP contribution is 2.47. The first kappa shape index (κ1) is 21.7. The summed E-state index contributed by atoms with van der Waals surface area (Å²) < 4.78 is 5.64. The van der Waals surface area contributed by atoms with Gasteiger partial charge in [-0.15, -0.1) is 4.59 Å². The standard InChI is InChI=1S/C26H29N4O3/c1-25(31)14-17(15-25)23-21-16-28-11-12-30(21,27)24(29-23)20-10-9-19(13-22(20)33-3)26(2,32)18-7-5-4-6-8-18/h4-13,16-17,31-32H,14-15,27H2,1-3H3/q+1. The van der Waals surface area contributed by atoms with E-state index < -0.39 is 11.2 Å². The molecular formula is C26H29N4O3+. The molecule has 0 spiro atoms. The van der Waals surface area contributed by atoms with Crippen LogP contribution in [-0.2, 0) is 5.60 Å². The molecule has 0 radical (unpaired) electrons. The molecule has 2 heterocycles. The molecule has 0 aromatic heterocycles. The molecule has 7 nitrogen and oxygen atoms in total. The van der Waals surface area contributed by atoms with Gasteiger partial charge in [0.1, 0.15) is 28.8 Å². The van der Waals surface area contributed by atoms with Gasteiger partial charge in [0.2, 0.25) is 5.70 Å². The monoisotopic (exact) mass is 445 g/mol. The van der Waals surface area contributed by atoms with E-state index in [1.807, 2.05) is 55.5 Å². The Morgan fingerprint density at radius 1 is 1.15 bits per heavy atom. The molecule has 2 atom stereocenters. The number of nitrogens with zero attached hydrogens (tertiary/aromatic N) is 3. The van der Waals surface area contributed by atoms with Crippen molar-refractivity contribution in [2.45, 2.75) is 37.9 Å². The van der Waals surface area contributed by atoms with Crippen LogP contribution in [0.4, 0.5) is 0 Å². The second-order valence-corrected chi connectivity index (χ2v) is 9.51. The quantitative estimate of drug-likeness (QED) is 0.485. The van der Waals surface area contributed by atoms with Crippen LogP contribution in [0.1, 0.15) is 43.4 Å². The van der Waals surface area contributed by atoms with Crippen LogP contribution < -0.4 is 10.6 Å². The van der Waals surface area contributed by atoms with Crippen molar-refractivity contribution in [1.29, 1.82) is 0 Å². The zero-order chi connectivity index (χ0) is 23.4. The summed E-state index contributed by atoms with van der Waals surface area (Å²) in [6.07, 6.45) is 6.48. The highest BCUT2D eigenvalue weighted by molar-refractivity contribution is 6.02. The minimum atomic E-state index is -1.19. The summed E-state index contributed by atoms with van der Waals surface area (Å²) in [7, 11) is 1.60. The SMILES string of the molecule is COc1cc(C(C)(O)c2ccccc2)ccc1C1=NC(C2CC(C)(O)C2)=C2C=NC=C[N+]12N. The molecule has 7 heteroatoms. The number of aliphatic imine (C=N–C) groups is 2. The van der Waals surface area contributed by atoms with Crippen molar-refractivity contribution in [2.24, 2.45) is 21.7 Å². The van der Waals surface area contributed by atoms with E-state index in [-0.39, 0.29) is 10.5 Å². The number of amidine groups is 1. The van der Waals surface area contributed by atoms with E-state index in [2.05, 4.69) is 4.99 Å². The van der Waals surface area contributed by atoms with E-state index in [9.17, 15) is 10.2 Å². The number of fused-ring (bicyclic) bond motifs is 1. The van der Waals surface area contributed by atoms with Crippen molar-refractivity contribution >= 4 is 12.1 Å². The molecule has 0 amide bonds. The van der Waals surface area contributed by atoms with Gasteiger partial charge in [0, 0.05) is 5.92 Å². The molecule has 2 aromatic rings. The third-order valence-electron chi connectivity index (χ3n) is 6.92. The van der Waals surface area contributed by atoms with Crippen molar-refractivity contribution in [2.75, 3.05) is 7.11 Å². The highest BCUT2D eigenvalue weighted by atomic mass is 16.5. The largest absolute Gasteiger partial charge is 0.496 e. The summed E-state index contributed by atoms with van der Waals surface area (Å²) in [6.45, 7) is 3.61. The summed E-state index contributed by atoms with van der Waals surface area (Å²) in [5.41, 5.74) is 2.03. The van der Waals surface area contributed by atoms with Crippen molar-refractivity contribution in [1.82, 2.24) is 0 Å². The van der Waals surface area contributed by atoms with Gasteiger partial charge in [-0.05, 0) is 49.9 Å². The molecule has 1 aliphatic carbocycles. The average Bonchev–Trinajstić information content (AvgIpc) is 3.10. The Hall–Kier alpha value is -3.10. The minimum Gasteiger partial charge on any atom is -0.496 e. The number of hydrogen-bond acceptors (Lipinski definition) is 6. The number of aliphatic hydroxyl groups is 2. The van der Waals surface area contributed by atoms with Gasteiger partial charge in [-0.25, -0.2) is 0 Å². The predicted octanol–water partition coefficient (Wildman–Crippen LogP) is 3.33. The van der Waals surface area contributed by atoms with Gasteiger partial charge in [0.25, 0.3) is 5.84 Å². The fourth-order valence-electron chi connectivity index (χ4n) is 4.99. The van der Waals surface area contributed by atoms with Crippen molar-refractivity contribution in [3.05, 3.63) is 89.0 Å². The number of hydrogen-bond donors (Lipinski definition) is 3. The third-order valence-corrected chi connectivity index (χ3v) is 6.92. The van der Waals surface area contributed by atoms with Crippen LogP contribution in [0.3, 0.4) is 0 Å². The molecule has 2 aliphatic heterocycles. The molecule has 3 aliphatic rings. The predicted molar refractivity (Wildman–Crippen MR) is 127 cm³/mol. The molecule has 33 heavy (non-hydrogen) atoms. The first-order chi connectivity index (χ1) is 15.7. The lowest BCUT2D eigenvalue weighted by atomic mass is 9.70. The average molecular weight is 446 g/mol. The van der Waals surface area contributed by atoms with Crippen LogP contribution in [0, 0.1) is 5.92 Å². The molecule has 1 saturated carbocycles. The molecule has 5 rings (SSSR count). The molecule has 1 fully saturated rings. The lowest BCUT2D eigenvalue weighted by molar-refractivity contribution is -0.750. The maximum Gasteiger partial charge on any atom is 0.268 e. The maximum atomic E-state index is 11.3. The van der Waals surface area contributed by atoms with Crippen LogP contribution in [0.15, 0.2) is 82.3 Å². The van der Waals surface area contributed by atoms with Gasteiger partial charge in [0.05, 0.1) is 25.1 Å². The fourth-order valence-corrected chi connectivity index (χ4v) is 4.99. The Morgan fingerprint density at radius 2 is 1.88 bits per heavy atom. The van der Waals surface area contributed by atoms with Crippen LogP contribution in [0.25, 0.3) is 0 Å². The van der Waals surface area contributed by atoms with Gasteiger partial charge in [-0.1, -0.05) is 36.4 Å².